The molecule has 1 aliphatic heterocycles. The number of hydrogen-bond acceptors (Lipinski definition) is 5. The fraction of sp³-hybridized carbons (Fsp3) is 0.500. The van der Waals surface area contributed by atoms with Gasteiger partial charge in [-0.1, -0.05) is 0 Å². The van der Waals surface area contributed by atoms with Gasteiger partial charge in [0.05, 0.1) is 12.2 Å². The fourth-order valence-electron chi connectivity index (χ4n) is 1.50. The number of fused-ring (bicyclic) bond motifs is 1. The lowest BCUT2D eigenvalue weighted by molar-refractivity contribution is -0.108. The van der Waals surface area contributed by atoms with Crippen LogP contribution in [0.2, 0.25) is 0 Å². The molecule has 0 spiro atoms. The molecule has 0 aliphatic carbocycles. The molecule has 0 bridgehead atoms. The SMILES string of the molecule is COC(OC)c1ccc2c(n1)NCCO2. The quantitative estimate of drug-likeness (QED) is 0.759. The van der Waals surface area contributed by atoms with E-state index in [9.17, 15) is 0 Å². The van der Waals surface area contributed by atoms with Crippen molar-refractivity contribution in [3.63, 3.8) is 0 Å². The molecular weight excluding hydrogens is 196 g/mol. The minimum atomic E-state index is -0.431. The van der Waals surface area contributed by atoms with Crippen molar-refractivity contribution in [2.45, 2.75) is 6.29 Å². The van der Waals surface area contributed by atoms with Crippen molar-refractivity contribution in [1.29, 1.82) is 0 Å². The molecule has 1 aromatic heterocycles. The minimum Gasteiger partial charge on any atom is -0.488 e. The summed E-state index contributed by atoms with van der Waals surface area (Å²) in [6.07, 6.45) is -0.431. The van der Waals surface area contributed by atoms with Crippen molar-refractivity contribution in [3.8, 4) is 5.75 Å². The second-order valence-electron chi connectivity index (χ2n) is 3.16. The zero-order valence-electron chi connectivity index (χ0n) is 8.82. The maximum atomic E-state index is 5.42. The molecule has 0 atom stereocenters. The molecule has 0 fully saturated rings. The maximum Gasteiger partial charge on any atom is 0.200 e. The summed E-state index contributed by atoms with van der Waals surface area (Å²) in [6.45, 7) is 1.44. The van der Waals surface area contributed by atoms with Gasteiger partial charge in [-0.15, -0.1) is 0 Å². The first-order chi connectivity index (χ1) is 7.35. The highest BCUT2D eigenvalue weighted by molar-refractivity contribution is 5.52. The molecule has 15 heavy (non-hydrogen) atoms. The van der Waals surface area contributed by atoms with Crippen molar-refractivity contribution >= 4 is 5.82 Å². The van der Waals surface area contributed by atoms with Crippen LogP contribution in [-0.2, 0) is 9.47 Å². The first-order valence-electron chi connectivity index (χ1n) is 4.78. The van der Waals surface area contributed by atoms with E-state index in [1.54, 1.807) is 14.2 Å². The zero-order chi connectivity index (χ0) is 10.7. The largest absolute Gasteiger partial charge is 0.488 e. The molecule has 0 amide bonds. The first-order valence-corrected chi connectivity index (χ1v) is 4.78. The molecule has 1 aliphatic rings. The molecule has 2 heterocycles. The van der Waals surface area contributed by atoms with E-state index in [1.807, 2.05) is 12.1 Å². The van der Waals surface area contributed by atoms with Crippen LogP contribution in [0.5, 0.6) is 5.75 Å². The molecule has 1 N–H and O–H groups in total. The topological polar surface area (TPSA) is 52.6 Å². The summed E-state index contributed by atoms with van der Waals surface area (Å²) >= 11 is 0. The predicted octanol–water partition coefficient (Wildman–Crippen LogP) is 1.18. The highest BCUT2D eigenvalue weighted by atomic mass is 16.7. The Hall–Kier alpha value is -1.33. The van der Waals surface area contributed by atoms with Crippen molar-refractivity contribution in [3.05, 3.63) is 17.8 Å². The van der Waals surface area contributed by atoms with Crippen LogP contribution in [0, 0.1) is 0 Å². The molecule has 5 heteroatoms. The van der Waals surface area contributed by atoms with E-state index in [0.29, 0.717) is 6.61 Å². The number of nitrogens with one attached hydrogen (secondary N) is 1. The van der Waals surface area contributed by atoms with Gasteiger partial charge in [0, 0.05) is 14.2 Å². The zero-order valence-corrected chi connectivity index (χ0v) is 8.82. The van der Waals surface area contributed by atoms with E-state index in [4.69, 9.17) is 14.2 Å². The van der Waals surface area contributed by atoms with E-state index in [-0.39, 0.29) is 0 Å². The van der Waals surface area contributed by atoms with Crippen LogP contribution in [0.15, 0.2) is 12.1 Å². The lowest BCUT2D eigenvalue weighted by Crippen LogP contribution is -2.20. The van der Waals surface area contributed by atoms with Crippen molar-refractivity contribution < 1.29 is 14.2 Å². The van der Waals surface area contributed by atoms with Gasteiger partial charge in [0.15, 0.2) is 11.6 Å². The number of anilines is 1. The Bertz CT molecular complexity index is 339. The number of nitrogens with zero attached hydrogens (tertiary/aromatic N) is 1. The molecule has 0 saturated heterocycles. The molecule has 0 radical (unpaired) electrons. The summed E-state index contributed by atoms with van der Waals surface area (Å²) in [5, 5.41) is 3.16. The fourth-order valence-corrected chi connectivity index (χ4v) is 1.50. The summed E-state index contributed by atoms with van der Waals surface area (Å²) < 4.78 is 15.7. The van der Waals surface area contributed by atoms with Crippen LogP contribution in [0.4, 0.5) is 5.82 Å². The molecule has 5 nitrogen and oxygen atoms in total. The standard InChI is InChI=1S/C10H14N2O3/c1-13-10(14-2)7-3-4-8-9(12-7)11-5-6-15-8/h3-4,10H,5-6H2,1-2H3,(H,11,12). The van der Waals surface area contributed by atoms with Gasteiger partial charge in [0.2, 0.25) is 6.29 Å². The number of hydrogen-bond donors (Lipinski definition) is 1. The molecule has 1 aromatic rings. The molecule has 2 rings (SSSR count). The lowest BCUT2D eigenvalue weighted by Gasteiger charge is -2.20. The summed E-state index contributed by atoms with van der Waals surface area (Å²) in [6, 6.07) is 3.71. The van der Waals surface area contributed by atoms with Crippen molar-refractivity contribution in [2.75, 3.05) is 32.7 Å². The van der Waals surface area contributed by atoms with Crippen LogP contribution in [-0.4, -0.2) is 32.4 Å². The van der Waals surface area contributed by atoms with Gasteiger partial charge >= 0.3 is 0 Å². The van der Waals surface area contributed by atoms with E-state index >= 15 is 0 Å². The van der Waals surface area contributed by atoms with Gasteiger partial charge in [-0.25, -0.2) is 4.98 Å². The third kappa shape index (κ3) is 2.03. The molecule has 0 unspecified atom stereocenters. The average molecular weight is 210 g/mol. The molecule has 82 valence electrons. The van der Waals surface area contributed by atoms with E-state index in [0.717, 1.165) is 23.8 Å². The highest BCUT2D eigenvalue weighted by Crippen LogP contribution is 2.27. The monoisotopic (exact) mass is 210 g/mol. The smallest absolute Gasteiger partial charge is 0.200 e. The minimum absolute atomic E-state index is 0.431. The Balaban J connectivity index is 2.27. The van der Waals surface area contributed by atoms with E-state index < -0.39 is 6.29 Å². The highest BCUT2D eigenvalue weighted by Gasteiger charge is 2.16. The van der Waals surface area contributed by atoms with E-state index in [1.165, 1.54) is 0 Å². The van der Waals surface area contributed by atoms with Crippen molar-refractivity contribution in [2.24, 2.45) is 0 Å². The van der Waals surface area contributed by atoms with Gasteiger partial charge in [-0.2, -0.15) is 0 Å². The van der Waals surface area contributed by atoms with Crippen LogP contribution >= 0.6 is 0 Å². The lowest BCUT2D eigenvalue weighted by atomic mass is 10.3. The summed E-state index contributed by atoms with van der Waals surface area (Å²) in [5.74, 6) is 1.52. The van der Waals surface area contributed by atoms with Gasteiger partial charge in [-0.05, 0) is 12.1 Å². The molecular formula is C10H14N2O3. The van der Waals surface area contributed by atoms with Gasteiger partial charge < -0.3 is 19.5 Å². The molecule has 0 aromatic carbocycles. The number of aromatic nitrogens is 1. The maximum absolute atomic E-state index is 5.42. The summed E-state index contributed by atoms with van der Waals surface area (Å²) in [7, 11) is 3.17. The van der Waals surface area contributed by atoms with E-state index in [2.05, 4.69) is 10.3 Å². The Morgan fingerprint density at radius 3 is 2.93 bits per heavy atom. The Morgan fingerprint density at radius 1 is 1.40 bits per heavy atom. The van der Waals surface area contributed by atoms with Crippen molar-refractivity contribution in [1.82, 2.24) is 4.98 Å². The number of ether oxygens (including phenoxy) is 3. The Kier molecular flexibility index (Phi) is 3.03. The van der Waals surface area contributed by atoms with Gasteiger partial charge in [0.25, 0.3) is 0 Å². The second-order valence-corrected chi connectivity index (χ2v) is 3.16. The predicted molar refractivity (Wildman–Crippen MR) is 55.0 cm³/mol. The Labute approximate surface area is 88.4 Å². The normalized spacial score (nSPS) is 14.3. The average Bonchev–Trinajstić information content (AvgIpc) is 2.30. The third-order valence-corrected chi connectivity index (χ3v) is 2.20. The summed E-state index contributed by atoms with van der Waals surface area (Å²) in [4.78, 5) is 4.37. The summed E-state index contributed by atoms with van der Waals surface area (Å²) in [5.41, 5.74) is 0.733. The van der Waals surface area contributed by atoms with Crippen LogP contribution in [0.3, 0.4) is 0 Å². The van der Waals surface area contributed by atoms with Crippen LogP contribution in [0.25, 0.3) is 0 Å². The third-order valence-electron chi connectivity index (χ3n) is 2.20. The number of rotatable bonds is 3. The second kappa shape index (κ2) is 4.46. The van der Waals surface area contributed by atoms with Gasteiger partial charge in [-0.3, -0.25) is 0 Å². The number of pyridine rings is 1. The van der Waals surface area contributed by atoms with Crippen LogP contribution in [0.1, 0.15) is 12.0 Å². The first kappa shape index (κ1) is 10.2. The Morgan fingerprint density at radius 2 is 2.20 bits per heavy atom. The molecule has 0 saturated carbocycles. The van der Waals surface area contributed by atoms with Crippen LogP contribution < -0.4 is 10.1 Å². The van der Waals surface area contributed by atoms with Gasteiger partial charge in [0.1, 0.15) is 6.61 Å². The number of methoxy groups -OCH3 is 2.